The molecule has 0 bridgehead atoms. The molecule has 31 heavy (non-hydrogen) atoms. The van der Waals surface area contributed by atoms with Crippen LogP contribution in [0.15, 0.2) is 53.3 Å². The maximum atomic E-state index is 13.1. The van der Waals surface area contributed by atoms with Gasteiger partial charge in [0.2, 0.25) is 5.91 Å². The van der Waals surface area contributed by atoms with E-state index in [1.54, 1.807) is 6.92 Å². The van der Waals surface area contributed by atoms with E-state index in [1.807, 2.05) is 0 Å². The van der Waals surface area contributed by atoms with E-state index in [2.05, 4.69) is 15.2 Å². The lowest BCUT2D eigenvalue weighted by molar-refractivity contribution is -0.274. The molecule has 2 aromatic carbocycles. The third-order valence-corrected chi connectivity index (χ3v) is 4.53. The van der Waals surface area contributed by atoms with Gasteiger partial charge in [-0.2, -0.15) is 0 Å². The predicted molar refractivity (Wildman–Crippen MR) is 104 cm³/mol. The van der Waals surface area contributed by atoms with Gasteiger partial charge in [0, 0.05) is 24.2 Å². The van der Waals surface area contributed by atoms with Crippen molar-refractivity contribution in [3.05, 3.63) is 81.5 Å². The molecule has 0 aliphatic rings. The number of amides is 1. The van der Waals surface area contributed by atoms with E-state index < -0.39 is 12.2 Å². The molecule has 0 spiro atoms. The molecule has 6 nitrogen and oxygen atoms in total. The molecule has 1 amide bonds. The summed E-state index contributed by atoms with van der Waals surface area (Å²) in [7, 11) is 0. The Morgan fingerprint density at radius 3 is 2.35 bits per heavy atom. The number of H-pyrrole nitrogens is 1. The molecule has 1 heterocycles. The molecule has 0 radical (unpaired) electrons. The summed E-state index contributed by atoms with van der Waals surface area (Å²) in [6, 6.07) is 10.6. The normalized spacial score (nSPS) is 11.4. The summed E-state index contributed by atoms with van der Waals surface area (Å²) in [5, 5.41) is 5.57. The van der Waals surface area contributed by atoms with Crippen molar-refractivity contribution in [2.45, 2.75) is 32.7 Å². The number of nitrogens with one attached hydrogen (secondary N) is 2. The first-order valence-electron chi connectivity index (χ1n) is 9.30. The highest BCUT2D eigenvalue weighted by atomic mass is 19.4. The van der Waals surface area contributed by atoms with Crippen molar-refractivity contribution in [1.82, 2.24) is 15.1 Å². The van der Waals surface area contributed by atoms with Crippen LogP contribution >= 0.6 is 0 Å². The van der Waals surface area contributed by atoms with Gasteiger partial charge in [0.15, 0.2) is 0 Å². The molecule has 2 N–H and O–H groups in total. The standard InChI is InChI=1S/C21H19F4N3O3/c1-13-18(20(30)28(27-13)16-6-4-15(22)5-7-16)10-11-19(29)26-12-14-2-8-17(9-3-14)31-21(23,24)25/h2-9,27H,10-12H2,1H3,(H,26,29). The number of benzene rings is 2. The second-order valence-corrected chi connectivity index (χ2v) is 6.80. The Kier molecular flexibility index (Phi) is 6.47. The van der Waals surface area contributed by atoms with Crippen LogP contribution in [0.4, 0.5) is 17.6 Å². The fourth-order valence-corrected chi connectivity index (χ4v) is 2.98. The van der Waals surface area contributed by atoms with Gasteiger partial charge < -0.3 is 10.1 Å². The van der Waals surface area contributed by atoms with Crippen LogP contribution in [-0.4, -0.2) is 22.1 Å². The maximum Gasteiger partial charge on any atom is 0.573 e. The Morgan fingerprint density at radius 1 is 1.10 bits per heavy atom. The molecular formula is C21H19F4N3O3. The van der Waals surface area contributed by atoms with Crippen molar-refractivity contribution < 1.29 is 27.1 Å². The summed E-state index contributed by atoms with van der Waals surface area (Å²) < 4.78 is 54.7. The minimum absolute atomic E-state index is 0.0482. The highest BCUT2D eigenvalue weighted by Gasteiger charge is 2.30. The van der Waals surface area contributed by atoms with Crippen LogP contribution in [0.5, 0.6) is 5.75 Å². The quantitative estimate of drug-likeness (QED) is 0.553. The largest absolute Gasteiger partial charge is 0.573 e. The SMILES string of the molecule is Cc1[nH]n(-c2ccc(F)cc2)c(=O)c1CCC(=O)NCc1ccc(OC(F)(F)F)cc1. The zero-order valence-corrected chi connectivity index (χ0v) is 16.4. The number of alkyl halides is 3. The van der Waals surface area contributed by atoms with E-state index in [1.165, 1.54) is 41.1 Å². The van der Waals surface area contributed by atoms with Gasteiger partial charge in [-0.05, 0) is 55.3 Å². The third-order valence-electron chi connectivity index (χ3n) is 4.53. The summed E-state index contributed by atoms with van der Waals surface area (Å²) in [5.74, 6) is -1.08. The molecule has 10 heteroatoms. The number of nitrogens with zero attached hydrogens (tertiary/aromatic N) is 1. The maximum absolute atomic E-state index is 13.1. The van der Waals surface area contributed by atoms with Gasteiger partial charge in [0.05, 0.1) is 5.69 Å². The van der Waals surface area contributed by atoms with Crippen LogP contribution in [-0.2, 0) is 17.8 Å². The summed E-state index contributed by atoms with van der Waals surface area (Å²) in [5.41, 5.74) is 1.79. The first-order valence-corrected chi connectivity index (χ1v) is 9.30. The predicted octanol–water partition coefficient (Wildman–Crippen LogP) is 3.76. The molecule has 1 aromatic heterocycles. The van der Waals surface area contributed by atoms with Crippen molar-refractivity contribution in [1.29, 1.82) is 0 Å². The Bertz CT molecular complexity index is 1100. The Balaban J connectivity index is 1.55. The Labute approximate surface area is 174 Å². The van der Waals surface area contributed by atoms with Crippen molar-refractivity contribution in [2.24, 2.45) is 0 Å². The van der Waals surface area contributed by atoms with E-state index in [9.17, 15) is 27.2 Å². The van der Waals surface area contributed by atoms with Gasteiger partial charge in [-0.25, -0.2) is 9.07 Å². The highest BCUT2D eigenvalue weighted by Crippen LogP contribution is 2.22. The molecule has 0 aliphatic heterocycles. The average molecular weight is 437 g/mol. The lowest BCUT2D eigenvalue weighted by Crippen LogP contribution is -2.24. The van der Waals surface area contributed by atoms with Crippen molar-refractivity contribution >= 4 is 5.91 Å². The third kappa shape index (κ3) is 5.97. The minimum atomic E-state index is -4.76. The Morgan fingerprint density at radius 2 is 1.74 bits per heavy atom. The van der Waals surface area contributed by atoms with E-state index in [0.29, 0.717) is 22.5 Å². The van der Waals surface area contributed by atoms with Crippen LogP contribution in [0.3, 0.4) is 0 Å². The zero-order valence-electron chi connectivity index (χ0n) is 16.4. The summed E-state index contributed by atoms with van der Waals surface area (Å²) in [6.45, 7) is 1.83. The van der Waals surface area contributed by atoms with Crippen LogP contribution in [0.2, 0.25) is 0 Å². The van der Waals surface area contributed by atoms with Gasteiger partial charge in [-0.1, -0.05) is 12.1 Å². The van der Waals surface area contributed by atoms with Crippen LogP contribution in [0, 0.1) is 12.7 Å². The number of ether oxygens (including phenoxy) is 1. The summed E-state index contributed by atoms with van der Waals surface area (Å²) >= 11 is 0. The summed E-state index contributed by atoms with van der Waals surface area (Å²) in [6.07, 6.45) is -4.52. The average Bonchev–Trinajstić information content (AvgIpc) is 2.99. The summed E-state index contributed by atoms with van der Waals surface area (Å²) in [4.78, 5) is 24.7. The molecular weight excluding hydrogens is 418 g/mol. The first-order chi connectivity index (χ1) is 14.6. The van der Waals surface area contributed by atoms with Crippen molar-refractivity contribution in [3.8, 4) is 11.4 Å². The van der Waals surface area contributed by atoms with E-state index in [4.69, 9.17) is 0 Å². The number of aryl methyl sites for hydroxylation is 1. The molecule has 0 unspecified atom stereocenters. The molecule has 164 valence electrons. The highest BCUT2D eigenvalue weighted by molar-refractivity contribution is 5.76. The number of hydrogen-bond donors (Lipinski definition) is 2. The van der Waals surface area contributed by atoms with Gasteiger partial charge >= 0.3 is 6.36 Å². The number of halogens is 4. The van der Waals surface area contributed by atoms with Crippen molar-refractivity contribution in [3.63, 3.8) is 0 Å². The molecule has 0 saturated heterocycles. The number of carbonyl (C=O) groups excluding carboxylic acids is 1. The van der Waals surface area contributed by atoms with Crippen molar-refractivity contribution in [2.75, 3.05) is 0 Å². The van der Waals surface area contributed by atoms with E-state index >= 15 is 0 Å². The number of aromatic nitrogens is 2. The number of aromatic amines is 1. The molecule has 0 aliphatic carbocycles. The van der Waals surface area contributed by atoms with Crippen LogP contribution < -0.4 is 15.6 Å². The zero-order chi connectivity index (χ0) is 22.6. The van der Waals surface area contributed by atoms with E-state index in [-0.39, 0.29) is 36.6 Å². The topological polar surface area (TPSA) is 76.1 Å². The minimum Gasteiger partial charge on any atom is -0.406 e. The van der Waals surface area contributed by atoms with Crippen LogP contribution in [0.25, 0.3) is 5.69 Å². The fourth-order valence-electron chi connectivity index (χ4n) is 2.98. The fraction of sp³-hybridized carbons (Fsp3) is 0.238. The second kappa shape index (κ2) is 9.07. The molecule has 0 atom stereocenters. The molecule has 0 fully saturated rings. The molecule has 3 rings (SSSR count). The first kappa shape index (κ1) is 22.1. The van der Waals surface area contributed by atoms with Gasteiger partial charge in [0.1, 0.15) is 11.6 Å². The van der Waals surface area contributed by atoms with E-state index in [0.717, 1.165) is 12.1 Å². The Hall–Kier alpha value is -3.56. The molecule has 3 aromatic rings. The monoisotopic (exact) mass is 437 g/mol. The van der Waals surface area contributed by atoms with Crippen LogP contribution in [0.1, 0.15) is 23.2 Å². The lowest BCUT2D eigenvalue weighted by Gasteiger charge is -2.09. The number of rotatable bonds is 7. The van der Waals surface area contributed by atoms with Gasteiger partial charge in [-0.15, -0.1) is 13.2 Å². The number of hydrogen-bond acceptors (Lipinski definition) is 3. The van der Waals surface area contributed by atoms with Gasteiger partial charge in [0.25, 0.3) is 5.56 Å². The number of carbonyl (C=O) groups is 1. The lowest BCUT2D eigenvalue weighted by atomic mass is 10.1. The second-order valence-electron chi connectivity index (χ2n) is 6.80. The molecule has 0 saturated carbocycles. The van der Waals surface area contributed by atoms with Gasteiger partial charge in [-0.3, -0.25) is 14.7 Å². The smallest absolute Gasteiger partial charge is 0.406 e.